The second kappa shape index (κ2) is 3.98. The van der Waals surface area contributed by atoms with Gasteiger partial charge >= 0.3 is 0 Å². The van der Waals surface area contributed by atoms with Crippen molar-refractivity contribution in [3.05, 3.63) is 47.1 Å². The number of rotatable bonds is 1. The van der Waals surface area contributed by atoms with Crippen LogP contribution in [-0.4, -0.2) is 19.7 Å². The number of benzene rings is 1. The Morgan fingerprint density at radius 3 is 2.76 bits per heavy atom. The summed E-state index contributed by atoms with van der Waals surface area (Å²) in [5.41, 5.74) is 1.57. The molecule has 0 amide bonds. The summed E-state index contributed by atoms with van der Waals surface area (Å²) in [6.45, 7) is 0. The number of aromatic nitrogens is 4. The summed E-state index contributed by atoms with van der Waals surface area (Å²) in [6.07, 6.45) is 3.25. The van der Waals surface area contributed by atoms with Crippen LogP contribution in [0.25, 0.3) is 16.6 Å². The fraction of sp³-hybridized carbons (Fsp3) is 0. The summed E-state index contributed by atoms with van der Waals surface area (Å²) in [4.78, 5) is 4.32. The van der Waals surface area contributed by atoms with E-state index in [2.05, 4.69) is 15.2 Å². The standard InChI is InChI=1S/C11H6Cl2N4/c12-8-3-4-9(17-6-15-16-11(17)13)10-7(8)2-1-5-14-10/h1-6H. The predicted octanol–water partition coefficient (Wildman–Crippen LogP) is 3.12. The maximum absolute atomic E-state index is 6.12. The van der Waals surface area contributed by atoms with E-state index in [1.54, 1.807) is 23.2 Å². The molecule has 3 rings (SSSR count). The molecule has 0 spiro atoms. The lowest BCUT2D eigenvalue weighted by molar-refractivity contribution is 1.06. The molecule has 0 N–H and O–H groups in total. The molecule has 0 unspecified atom stereocenters. The molecule has 0 saturated carbocycles. The number of nitrogens with zero attached hydrogens (tertiary/aromatic N) is 4. The van der Waals surface area contributed by atoms with Crippen LogP contribution in [0.2, 0.25) is 10.3 Å². The molecule has 17 heavy (non-hydrogen) atoms. The van der Waals surface area contributed by atoms with E-state index >= 15 is 0 Å². The minimum atomic E-state index is 0.291. The van der Waals surface area contributed by atoms with E-state index in [0.717, 1.165) is 16.6 Å². The third-order valence-corrected chi connectivity index (χ3v) is 3.05. The predicted molar refractivity (Wildman–Crippen MR) is 66.7 cm³/mol. The van der Waals surface area contributed by atoms with Gasteiger partial charge in [0.1, 0.15) is 6.33 Å². The molecule has 0 aliphatic rings. The van der Waals surface area contributed by atoms with E-state index < -0.39 is 0 Å². The fourth-order valence-corrected chi connectivity index (χ4v) is 2.09. The van der Waals surface area contributed by atoms with Crippen LogP contribution in [0.4, 0.5) is 0 Å². The lowest BCUT2D eigenvalue weighted by atomic mass is 10.2. The molecule has 2 heterocycles. The molecule has 1 aromatic carbocycles. The molecule has 0 atom stereocenters. The molecule has 4 nitrogen and oxygen atoms in total. The van der Waals surface area contributed by atoms with Crippen molar-refractivity contribution >= 4 is 34.1 Å². The van der Waals surface area contributed by atoms with Crippen molar-refractivity contribution in [1.29, 1.82) is 0 Å². The Balaban J connectivity index is 2.39. The van der Waals surface area contributed by atoms with Crippen LogP contribution in [0.1, 0.15) is 0 Å². The lowest BCUT2D eigenvalue weighted by Crippen LogP contribution is -1.95. The molecular formula is C11H6Cl2N4. The van der Waals surface area contributed by atoms with Crippen molar-refractivity contribution in [2.45, 2.75) is 0 Å². The van der Waals surface area contributed by atoms with Gasteiger partial charge in [-0.2, -0.15) is 0 Å². The van der Waals surface area contributed by atoms with Crippen LogP contribution < -0.4 is 0 Å². The zero-order valence-corrected chi connectivity index (χ0v) is 10.0. The van der Waals surface area contributed by atoms with Crippen molar-refractivity contribution in [1.82, 2.24) is 19.7 Å². The van der Waals surface area contributed by atoms with Crippen LogP contribution in [0.3, 0.4) is 0 Å². The molecule has 0 aliphatic heterocycles. The van der Waals surface area contributed by atoms with Crippen molar-refractivity contribution in [3.8, 4) is 5.69 Å². The van der Waals surface area contributed by atoms with Crippen molar-refractivity contribution in [2.24, 2.45) is 0 Å². The Hall–Kier alpha value is -1.65. The molecule has 2 aromatic heterocycles. The van der Waals surface area contributed by atoms with E-state index in [4.69, 9.17) is 23.2 Å². The van der Waals surface area contributed by atoms with Gasteiger partial charge in [0.15, 0.2) is 0 Å². The maximum Gasteiger partial charge on any atom is 0.229 e. The Kier molecular flexibility index (Phi) is 2.46. The van der Waals surface area contributed by atoms with Gasteiger partial charge < -0.3 is 0 Å². The van der Waals surface area contributed by atoms with Crippen molar-refractivity contribution in [3.63, 3.8) is 0 Å². The van der Waals surface area contributed by atoms with Crippen molar-refractivity contribution in [2.75, 3.05) is 0 Å². The quantitative estimate of drug-likeness (QED) is 0.679. The summed E-state index contributed by atoms with van der Waals surface area (Å²) < 4.78 is 1.66. The van der Waals surface area contributed by atoms with Gasteiger partial charge in [0, 0.05) is 11.6 Å². The minimum Gasteiger partial charge on any atom is -0.270 e. The third-order valence-electron chi connectivity index (χ3n) is 2.46. The highest BCUT2D eigenvalue weighted by atomic mass is 35.5. The van der Waals surface area contributed by atoms with E-state index in [0.29, 0.717) is 10.3 Å². The molecule has 0 saturated heterocycles. The van der Waals surface area contributed by atoms with Gasteiger partial charge in [0.05, 0.1) is 16.2 Å². The van der Waals surface area contributed by atoms with Crippen molar-refractivity contribution < 1.29 is 0 Å². The van der Waals surface area contributed by atoms with Gasteiger partial charge in [0.25, 0.3) is 0 Å². The first-order chi connectivity index (χ1) is 8.27. The molecule has 0 fully saturated rings. The van der Waals surface area contributed by atoms with Crippen LogP contribution >= 0.6 is 23.2 Å². The number of fused-ring (bicyclic) bond motifs is 1. The van der Waals surface area contributed by atoms with E-state index in [1.165, 1.54) is 0 Å². The van der Waals surface area contributed by atoms with Crippen LogP contribution in [0.5, 0.6) is 0 Å². The first kappa shape index (κ1) is 10.5. The molecule has 3 aromatic rings. The Morgan fingerprint density at radius 2 is 2.00 bits per heavy atom. The van der Waals surface area contributed by atoms with E-state index in [1.807, 2.05) is 18.2 Å². The van der Waals surface area contributed by atoms with E-state index in [9.17, 15) is 0 Å². The third kappa shape index (κ3) is 1.66. The average Bonchev–Trinajstić information content (AvgIpc) is 2.77. The summed E-state index contributed by atoms with van der Waals surface area (Å²) in [5.74, 6) is 0. The molecule has 84 valence electrons. The number of hydrogen-bond donors (Lipinski definition) is 0. The second-order valence-electron chi connectivity index (χ2n) is 3.44. The van der Waals surface area contributed by atoms with Gasteiger partial charge in [0.2, 0.25) is 5.28 Å². The van der Waals surface area contributed by atoms with Gasteiger partial charge in [-0.3, -0.25) is 9.55 Å². The first-order valence-corrected chi connectivity index (χ1v) is 5.62. The summed E-state index contributed by atoms with van der Waals surface area (Å²) in [7, 11) is 0. The van der Waals surface area contributed by atoms with Gasteiger partial charge in [-0.05, 0) is 35.9 Å². The zero-order valence-electron chi connectivity index (χ0n) is 8.51. The van der Waals surface area contributed by atoms with Gasteiger partial charge in [-0.1, -0.05) is 11.6 Å². The molecule has 6 heteroatoms. The van der Waals surface area contributed by atoms with Gasteiger partial charge in [-0.25, -0.2) is 0 Å². The molecular weight excluding hydrogens is 259 g/mol. The molecule has 0 bridgehead atoms. The number of hydrogen-bond acceptors (Lipinski definition) is 3. The highest BCUT2D eigenvalue weighted by molar-refractivity contribution is 6.35. The molecule has 0 aliphatic carbocycles. The highest BCUT2D eigenvalue weighted by Crippen LogP contribution is 2.28. The Bertz CT molecular complexity index is 693. The van der Waals surface area contributed by atoms with Crippen LogP contribution in [-0.2, 0) is 0 Å². The van der Waals surface area contributed by atoms with E-state index in [-0.39, 0.29) is 0 Å². The number of halogens is 2. The van der Waals surface area contributed by atoms with Crippen LogP contribution in [0.15, 0.2) is 36.8 Å². The summed E-state index contributed by atoms with van der Waals surface area (Å²) >= 11 is 12.1. The normalized spacial score (nSPS) is 10.9. The summed E-state index contributed by atoms with van der Waals surface area (Å²) in [5, 5.41) is 9.30. The van der Waals surface area contributed by atoms with Crippen LogP contribution in [0, 0.1) is 0 Å². The monoisotopic (exact) mass is 264 g/mol. The molecule has 0 radical (unpaired) electrons. The largest absolute Gasteiger partial charge is 0.270 e. The van der Waals surface area contributed by atoms with Gasteiger partial charge in [-0.15, -0.1) is 10.2 Å². The highest BCUT2D eigenvalue weighted by Gasteiger charge is 2.10. The average molecular weight is 265 g/mol. The smallest absolute Gasteiger partial charge is 0.229 e. The first-order valence-electron chi connectivity index (χ1n) is 4.86. The second-order valence-corrected chi connectivity index (χ2v) is 4.18. The Labute approximate surface area is 107 Å². The lowest BCUT2D eigenvalue weighted by Gasteiger charge is -2.07. The zero-order chi connectivity index (χ0) is 11.8. The fourth-order valence-electron chi connectivity index (χ4n) is 1.70. The Morgan fingerprint density at radius 1 is 1.12 bits per heavy atom. The minimum absolute atomic E-state index is 0.291. The maximum atomic E-state index is 6.12. The topological polar surface area (TPSA) is 43.6 Å². The number of pyridine rings is 1. The summed E-state index contributed by atoms with van der Waals surface area (Å²) in [6, 6.07) is 7.39. The SMILES string of the molecule is Clc1ccc(-n2cnnc2Cl)c2ncccc12.